The number of carbonyl (C=O) groups is 2. The fraction of sp³-hybridized carbons (Fsp3) is 0.348. The van der Waals surface area contributed by atoms with E-state index in [1.165, 1.54) is 45.4 Å². The molecule has 3 fully saturated rings. The molecule has 2 aliphatic heterocycles. The van der Waals surface area contributed by atoms with E-state index in [2.05, 4.69) is 16.4 Å². The molecule has 3 aromatic rings. The van der Waals surface area contributed by atoms with E-state index in [1.807, 2.05) is 6.07 Å². The van der Waals surface area contributed by atoms with Gasteiger partial charge in [-0.05, 0) is 59.9 Å². The second-order valence-electron chi connectivity index (χ2n) is 8.96. The van der Waals surface area contributed by atoms with Gasteiger partial charge in [0.15, 0.2) is 0 Å². The van der Waals surface area contributed by atoms with Crippen LogP contribution in [0.4, 0.5) is 10.1 Å². The van der Waals surface area contributed by atoms with Crippen LogP contribution in [0.1, 0.15) is 22.1 Å². The maximum Gasteiger partial charge on any atom is 0.305 e. The lowest BCUT2D eigenvalue weighted by Gasteiger charge is -2.42. The molecule has 7 atom stereocenters. The van der Waals surface area contributed by atoms with E-state index >= 15 is 0 Å². The lowest BCUT2D eigenvalue weighted by Crippen LogP contribution is -2.42. The third-order valence-electron chi connectivity index (χ3n) is 7.66. The molecule has 1 N–H and O–H groups in total. The zero-order valence-electron chi connectivity index (χ0n) is 16.6. The highest BCUT2D eigenvalue weighted by Crippen LogP contribution is 2.68. The van der Waals surface area contributed by atoms with Crippen LogP contribution in [0.25, 0.3) is 0 Å². The van der Waals surface area contributed by atoms with E-state index in [0.717, 1.165) is 16.3 Å². The van der Waals surface area contributed by atoms with Crippen molar-refractivity contribution in [3.63, 3.8) is 0 Å². The zero-order valence-corrected chi connectivity index (χ0v) is 19.0. The van der Waals surface area contributed by atoms with Crippen molar-refractivity contribution >= 4 is 51.9 Å². The summed E-state index contributed by atoms with van der Waals surface area (Å²) in [5, 5.41) is 3.17. The molecular formula is C23H17FN2O3S3. The first kappa shape index (κ1) is 19.3. The van der Waals surface area contributed by atoms with Crippen molar-refractivity contribution in [3.05, 3.63) is 67.0 Å². The SMILES string of the molecule is O=C1[C@@H]2[C@H]3C[C@@H]([C@@H]2C(=O)N1c1ccc(F)cc1)[C@@H]1[C@@H](c2cccs2)c2sc(=O)[nH]c2S[C@H]31. The molecule has 2 saturated carbocycles. The van der Waals surface area contributed by atoms with Gasteiger partial charge in [-0.15, -0.1) is 23.1 Å². The average Bonchev–Trinajstić information content (AvgIpc) is 3.57. The summed E-state index contributed by atoms with van der Waals surface area (Å²) in [6.07, 6.45) is 0.869. The van der Waals surface area contributed by atoms with Crippen molar-refractivity contribution in [3.8, 4) is 0 Å². The van der Waals surface area contributed by atoms with Crippen molar-refractivity contribution in [1.29, 1.82) is 0 Å². The summed E-state index contributed by atoms with van der Waals surface area (Å²) >= 11 is 4.65. The Morgan fingerprint density at radius 3 is 2.47 bits per heavy atom. The molecule has 1 aromatic carbocycles. The zero-order chi connectivity index (χ0) is 21.7. The van der Waals surface area contributed by atoms with E-state index in [0.29, 0.717) is 5.69 Å². The quantitative estimate of drug-likeness (QED) is 0.550. The number of halogens is 1. The Hall–Kier alpha value is -2.23. The number of nitrogens with one attached hydrogen (secondary N) is 1. The number of benzene rings is 1. The number of rotatable bonds is 2. The summed E-state index contributed by atoms with van der Waals surface area (Å²) < 4.78 is 13.4. The third kappa shape index (κ3) is 2.42. The number of imide groups is 1. The minimum absolute atomic E-state index is 0.0498. The smallest absolute Gasteiger partial charge is 0.305 e. The van der Waals surface area contributed by atoms with Crippen LogP contribution in [0.2, 0.25) is 0 Å². The summed E-state index contributed by atoms with van der Waals surface area (Å²) in [7, 11) is 0. The van der Waals surface area contributed by atoms with Gasteiger partial charge in [0.05, 0.1) is 22.5 Å². The Balaban J connectivity index is 1.32. The fourth-order valence-electron chi connectivity index (χ4n) is 6.65. The molecule has 2 aromatic heterocycles. The highest BCUT2D eigenvalue weighted by Gasteiger charge is 2.69. The minimum atomic E-state index is -0.394. The van der Waals surface area contributed by atoms with Gasteiger partial charge in [-0.1, -0.05) is 17.4 Å². The molecule has 2 aliphatic carbocycles. The number of aromatic amines is 1. The number of thiophene rings is 1. The number of hydrogen-bond donors (Lipinski definition) is 1. The third-order valence-corrected chi connectivity index (χ3v) is 11.2. The maximum atomic E-state index is 13.5. The van der Waals surface area contributed by atoms with Gasteiger partial charge in [0.25, 0.3) is 0 Å². The number of H-pyrrole nitrogens is 1. The average molecular weight is 485 g/mol. The molecule has 5 nitrogen and oxygen atoms in total. The Morgan fingerprint density at radius 2 is 1.75 bits per heavy atom. The van der Waals surface area contributed by atoms with Crippen LogP contribution in [0.3, 0.4) is 0 Å². The van der Waals surface area contributed by atoms with Gasteiger partial charge in [0.2, 0.25) is 11.8 Å². The molecule has 0 unspecified atom stereocenters. The molecule has 0 spiro atoms. The van der Waals surface area contributed by atoms with E-state index in [1.54, 1.807) is 23.1 Å². The van der Waals surface area contributed by atoms with Gasteiger partial charge in [-0.3, -0.25) is 19.3 Å². The van der Waals surface area contributed by atoms with Crippen LogP contribution >= 0.6 is 34.4 Å². The molecule has 2 bridgehead atoms. The molecule has 162 valence electrons. The standard InChI is InChI=1S/C23H17FN2O3S3/c24-9-3-5-10(6-4-9)26-21(27)15-11-8-12(16(15)22(26)28)18-14(11)17(13-2-1-7-30-13)19-20(31-18)25-23(29)32-19/h1-7,11-12,14-18H,8H2,(H,25,29)/t11-,12-,14-,15+,16-,17-,18-/m1/s1. The van der Waals surface area contributed by atoms with Crippen molar-refractivity contribution in [2.75, 3.05) is 4.90 Å². The van der Waals surface area contributed by atoms with Crippen molar-refractivity contribution in [2.24, 2.45) is 29.6 Å². The lowest BCUT2D eigenvalue weighted by molar-refractivity contribution is -0.123. The maximum absolute atomic E-state index is 13.5. The van der Waals surface area contributed by atoms with Gasteiger partial charge in [-0.2, -0.15) is 0 Å². The largest absolute Gasteiger partial charge is 0.307 e. The van der Waals surface area contributed by atoms with Gasteiger partial charge in [0, 0.05) is 20.9 Å². The number of hydrogen-bond acceptors (Lipinski definition) is 6. The molecule has 32 heavy (non-hydrogen) atoms. The predicted molar refractivity (Wildman–Crippen MR) is 122 cm³/mol. The molecule has 7 rings (SSSR count). The van der Waals surface area contributed by atoms with E-state index < -0.39 is 5.82 Å². The van der Waals surface area contributed by atoms with Crippen LogP contribution in [-0.2, 0) is 9.59 Å². The molecule has 4 heterocycles. The first-order chi connectivity index (χ1) is 15.5. The predicted octanol–water partition coefficient (Wildman–Crippen LogP) is 4.31. The van der Waals surface area contributed by atoms with Crippen LogP contribution in [0.15, 0.2) is 51.6 Å². The summed E-state index contributed by atoms with van der Waals surface area (Å²) in [5.74, 6) is -0.873. The number of carbonyl (C=O) groups excluding carboxylic acids is 2. The van der Waals surface area contributed by atoms with Gasteiger partial charge in [0.1, 0.15) is 5.82 Å². The molecule has 9 heteroatoms. The molecular weight excluding hydrogens is 467 g/mol. The number of nitrogens with zero attached hydrogens (tertiary/aromatic N) is 1. The topological polar surface area (TPSA) is 70.2 Å². The first-order valence-electron chi connectivity index (χ1n) is 10.6. The fourth-order valence-corrected chi connectivity index (χ4v) is 10.5. The van der Waals surface area contributed by atoms with Crippen LogP contribution in [0, 0.1) is 35.4 Å². The first-order valence-corrected chi connectivity index (χ1v) is 13.2. The Bertz CT molecular complexity index is 1310. The minimum Gasteiger partial charge on any atom is -0.307 e. The number of aromatic nitrogens is 1. The van der Waals surface area contributed by atoms with Crippen LogP contribution in [-0.4, -0.2) is 22.0 Å². The van der Waals surface area contributed by atoms with E-state index in [-0.39, 0.29) is 57.4 Å². The summed E-state index contributed by atoms with van der Waals surface area (Å²) in [4.78, 5) is 45.7. The van der Waals surface area contributed by atoms with Crippen molar-refractivity contribution in [1.82, 2.24) is 4.98 Å². The van der Waals surface area contributed by atoms with Gasteiger partial charge in [-0.25, -0.2) is 4.39 Å². The Morgan fingerprint density at radius 1 is 1.00 bits per heavy atom. The highest BCUT2D eigenvalue weighted by atomic mass is 32.2. The normalized spacial score (nSPS) is 34.7. The van der Waals surface area contributed by atoms with Crippen molar-refractivity contribution in [2.45, 2.75) is 22.6 Å². The summed E-state index contributed by atoms with van der Waals surface area (Å²) in [6, 6.07) is 9.73. The molecule has 0 radical (unpaired) electrons. The van der Waals surface area contributed by atoms with Gasteiger partial charge < -0.3 is 4.98 Å². The molecule has 4 aliphatic rings. The second-order valence-corrected chi connectivity index (χ2v) is 12.1. The number of thioether (sulfide) groups is 1. The van der Waals surface area contributed by atoms with Gasteiger partial charge >= 0.3 is 4.87 Å². The highest BCUT2D eigenvalue weighted by molar-refractivity contribution is 8.00. The number of thiazole rings is 1. The van der Waals surface area contributed by atoms with Crippen molar-refractivity contribution < 1.29 is 14.0 Å². The summed E-state index contributed by atoms with van der Waals surface area (Å²) in [6.45, 7) is 0. The summed E-state index contributed by atoms with van der Waals surface area (Å²) in [5.41, 5.74) is 0.448. The van der Waals surface area contributed by atoms with Crippen LogP contribution < -0.4 is 9.77 Å². The number of fused-ring (bicyclic) bond motifs is 9. The number of amides is 2. The molecule has 1 saturated heterocycles. The van der Waals surface area contributed by atoms with Crippen LogP contribution in [0.5, 0.6) is 0 Å². The van der Waals surface area contributed by atoms with E-state index in [4.69, 9.17) is 0 Å². The lowest BCUT2D eigenvalue weighted by atomic mass is 9.69. The second kappa shape index (κ2) is 6.65. The number of anilines is 1. The molecule has 2 amide bonds. The Kier molecular flexibility index (Phi) is 4.00. The van der Waals surface area contributed by atoms with E-state index in [9.17, 15) is 18.8 Å². The monoisotopic (exact) mass is 484 g/mol. The Labute approximate surface area is 194 Å².